The number of likely N-dealkylation sites (tertiary alicyclic amines) is 1. The number of halogens is 1. The predicted octanol–water partition coefficient (Wildman–Crippen LogP) is 3.87. The van der Waals surface area contributed by atoms with Gasteiger partial charge in [0, 0.05) is 31.2 Å². The van der Waals surface area contributed by atoms with Crippen LogP contribution in [0.5, 0.6) is 0 Å². The average molecular weight is 386 g/mol. The molecular formula is C20H24ClN5O. The van der Waals surface area contributed by atoms with Crippen LogP contribution in [-0.4, -0.2) is 43.2 Å². The highest BCUT2D eigenvalue weighted by atomic mass is 35.5. The van der Waals surface area contributed by atoms with Gasteiger partial charge in [0.15, 0.2) is 0 Å². The molecule has 6 nitrogen and oxygen atoms in total. The number of rotatable bonds is 4. The molecule has 0 bridgehead atoms. The lowest BCUT2D eigenvalue weighted by molar-refractivity contribution is -0.133. The molecule has 1 unspecified atom stereocenters. The maximum atomic E-state index is 12.7. The number of carbonyl (C=O) groups is 1. The second-order valence-corrected chi connectivity index (χ2v) is 7.89. The summed E-state index contributed by atoms with van der Waals surface area (Å²) in [7, 11) is 0. The fourth-order valence-corrected chi connectivity index (χ4v) is 4.13. The quantitative estimate of drug-likeness (QED) is 0.685. The molecule has 0 radical (unpaired) electrons. The van der Waals surface area contributed by atoms with E-state index in [-0.39, 0.29) is 18.4 Å². The van der Waals surface area contributed by atoms with Crippen LogP contribution in [0.4, 0.5) is 0 Å². The van der Waals surface area contributed by atoms with Crippen LogP contribution in [0.1, 0.15) is 44.5 Å². The zero-order valence-corrected chi connectivity index (χ0v) is 16.4. The summed E-state index contributed by atoms with van der Waals surface area (Å²) in [4.78, 5) is 19.6. The van der Waals surface area contributed by atoms with Gasteiger partial charge < -0.3 is 9.47 Å². The van der Waals surface area contributed by atoms with Gasteiger partial charge in [-0.15, -0.1) is 0 Å². The van der Waals surface area contributed by atoms with Crippen LogP contribution in [0.3, 0.4) is 0 Å². The molecule has 0 aliphatic carbocycles. The third-order valence-electron chi connectivity index (χ3n) is 5.18. The number of carbonyl (C=O) groups excluding carboxylic acids is 1. The van der Waals surface area contributed by atoms with Crippen LogP contribution < -0.4 is 0 Å². The lowest BCUT2D eigenvalue weighted by Gasteiger charge is -2.33. The van der Waals surface area contributed by atoms with Crippen molar-refractivity contribution in [2.24, 2.45) is 0 Å². The van der Waals surface area contributed by atoms with Crippen LogP contribution in [0.15, 0.2) is 36.7 Å². The molecule has 0 saturated carbocycles. The Balaban J connectivity index is 1.57. The fourth-order valence-electron chi connectivity index (χ4n) is 3.97. The van der Waals surface area contributed by atoms with E-state index in [2.05, 4.69) is 41.7 Å². The predicted molar refractivity (Wildman–Crippen MR) is 106 cm³/mol. The molecule has 1 aliphatic rings. The molecule has 1 atom stereocenters. The van der Waals surface area contributed by atoms with Crippen molar-refractivity contribution in [3.05, 3.63) is 47.5 Å². The van der Waals surface area contributed by atoms with Crippen molar-refractivity contribution in [2.45, 2.75) is 45.2 Å². The summed E-state index contributed by atoms with van der Waals surface area (Å²) in [5.74, 6) is 1.41. The second kappa shape index (κ2) is 7.35. The SMILES string of the molecule is CC(C)n1c(C2CCCN(C(=O)Cn3cc(Cl)cn3)C2)nc2ccccc21. The van der Waals surface area contributed by atoms with Crippen LogP contribution >= 0.6 is 11.6 Å². The second-order valence-electron chi connectivity index (χ2n) is 7.46. The minimum atomic E-state index is 0.0756. The highest BCUT2D eigenvalue weighted by molar-refractivity contribution is 6.30. The van der Waals surface area contributed by atoms with E-state index >= 15 is 0 Å². The molecule has 4 rings (SSSR count). The van der Waals surface area contributed by atoms with E-state index in [1.165, 1.54) is 0 Å². The van der Waals surface area contributed by atoms with E-state index in [1.807, 2.05) is 11.0 Å². The Kier molecular flexibility index (Phi) is 4.91. The fraction of sp³-hybridized carbons (Fsp3) is 0.450. The zero-order chi connectivity index (χ0) is 19.0. The smallest absolute Gasteiger partial charge is 0.244 e. The monoisotopic (exact) mass is 385 g/mol. The Hall–Kier alpha value is -2.34. The lowest BCUT2D eigenvalue weighted by atomic mass is 9.96. The summed E-state index contributed by atoms with van der Waals surface area (Å²) in [5.41, 5.74) is 2.19. The minimum absolute atomic E-state index is 0.0756. The third-order valence-corrected chi connectivity index (χ3v) is 5.37. The molecule has 2 aromatic heterocycles. The van der Waals surface area contributed by atoms with E-state index in [0.717, 1.165) is 36.2 Å². The molecule has 1 aliphatic heterocycles. The summed E-state index contributed by atoms with van der Waals surface area (Å²) in [5, 5.41) is 4.66. The van der Waals surface area contributed by atoms with Gasteiger partial charge in [-0.25, -0.2) is 4.98 Å². The van der Waals surface area contributed by atoms with E-state index in [4.69, 9.17) is 16.6 Å². The largest absolute Gasteiger partial charge is 0.340 e. The summed E-state index contributed by atoms with van der Waals surface area (Å²) in [6, 6.07) is 8.59. The Morgan fingerprint density at radius 3 is 2.89 bits per heavy atom. The van der Waals surface area contributed by atoms with E-state index in [1.54, 1.807) is 17.1 Å². The normalized spacial score (nSPS) is 17.8. The average Bonchev–Trinajstić information content (AvgIpc) is 3.25. The van der Waals surface area contributed by atoms with Crippen molar-refractivity contribution in [3.63, 3.8) is 0 Å². The van der Waals surface area contributed by atoms with Crippen LogP contribution in [0.2, 0.25) is 5.02 Å². The van der Waals surface area contributed by atoms with Gasteiger partial charge in [0.1, 0.15) is 12.4 Å². The molecule has 1 fully saturated rings. The minimum Gasteiger partial charge on any atom is -0.340 e. The highest BCUT2D eigenvalue weighted by Gasteiger charge is 2.29. The first kappa shape index (κ1) is 18.0. The summed E-state index contributed by atoms with van der Waals surface area (Å²) in [6.07, 6.45) is 5.27. The van der Waals surface area contributed by atoms with Crippen molar-refractivity contribution in [2.75, 3.05) is 13.1 Å². The van der Waals surface area contributed by atoms with Gasteiger partial charge in [0.05, 0.1) is 22.3 Å². The van der Waals surface area contributed by atoms with Crippen molar-refractivity contribution in [1.29, 1.82) is 0 Å². The molecule has 3 heterocycles. The number of aromatic nitrogens is 4. The number of hydrogen-bond donors (Lipinski definition) is 0. The number of para-hydroxylation sites is 2. The number of benzene rings is 1. The van der Waals surface area contributed by atoms with Gasteiger partial charge in [-0.1, -0.05) is 23.7 Å². The molecule has 27 heavy (non-hydrogen) atoms. The van der Waals surface area contributed by atoms with Gasteiger partial charge in [0.25, 0.3) is 0 Å². The van der Waals surface area contributed by atoms with Gasteiger partial charge in [-0.3, -0.25) is 9.48 Å². The molecule has 0 N–H and O–H groups in total. The number of imidazole rings is 1. The molecule has 1 amide bonds. The number of piperidine rings is 1. The first-order valence-corrected chi connectivity index (χ1v) is 9.83. The molecule has 3 aromatic rings. The van der Waals surface area contributed by atoms with E-state index < -0.39 is 0 Å². The van der Waals surface area contributed by atoms with Gasteiger partial charge in [-0.2, -0.15) is 5.10 Å². The van der Waals surface area contributed by atoms with E-state index in [9.17, 15) is 4.79 Å². The van der Waals surface area contributed by atoms with Crippen LogP contribution in [0.25, 0.3) is 11.0 Å². The first-order valence-electron chi connectivity index (χ1n) is 9.45. The number of hydrogen-bond acceptors (Lipinski definition) is 3. The number of nitrogens with zero attached hydrogens (tertiary/aromatic N) is 5. The lowest BCUT2D eigenvalue weighted by Crippen LogP contribution is -2.41. The Labute approximate surface area is 163 Å². The maximum Gasteiger partial charge on any atom is 0.244 e. The van der Waals surface area contributed by atoms with Crippen LogP contribution in [0, 0.1) is 0 Å². The molecular weight excluding hydrogens is 362 g/mol. The van der Waals surface area contributed by atoms with Gasteiger partial charge in [0.2, 0.25) is 5.91 Å². The highest BCUT2D eigenvalue weighted by Crippen LogP contribution is 2.31. The summed E-state index contributed by atoms with van der Waals surface area (Å²) < 4.78 is 3.92. The molecule has 142 valence electrons. The first-order chi connectivity index (χ1) is 13.0. The Morgan fingerprint density at radius 2 is 2.15 bits per heavy atom. The third kappa shape index (κ3) is 3.58. The standard InChI is InChI=1S/C20H24ClN5O/c1-14(2)26-18-8-4-3-7-17(18)23-20(26)15-6-5-9-24(11-15)19(27)13-25-12-16(21)10-22-25/h3-4,7-8,10,12,14-15H,5-6,9,11,13H2,1-2H3. The van der Waals surface area contributed by atoms with Crippen molar-refractivity contribution >= 4 is 28.5 Å². The van der Waals surface area contributed by atoms with Gasteiger partial charge >= 0.3 is 0 Å². The topological polar surface area (TPSA) is 56.0 Å². The van der Waals surface area contributed by atoms with Crippen molar-refractivity contribution in [3.8, 4) is 0 Å². The summed E-state index contributed by atoms with van der Waals surface area (Å²) in [6.45, 7) is 6.08. The van der Waals surface area contributed by atoms with Crippen molar-refractivity contribution in [1.82, 2.24) is 24.2 Å². The molecule has 0 spiro atoms. The zero-order valence-electron chi connectivity index (χ0n) is 15.7. The van der Waals surface area contributed by atoms with Gasteiger partial charge in [-0.05, 0) is 38.8 Å². The molecule has 1 aromatic carbocycles. The maximum absolute atomic E-state index is 12.7. The van der Waals surface area contributed by atoms with Crippen LogP contribution in [-0.2, 0) is 11.3 Å². The van der Waals surface area contributed by atoms with Crippen molar-refractivity contribution < 1.29 is 4.79 Å². The number of fused-ring (bicyclic) bond motifs is 1. The Morgan fingerprint density at radius 1 is 1.33 bits per heavy atom. The van der Waals surface area contributed by atoms with E-state index in [0.29, 0.717) is 17.6 Å². The molecule has 1 saturated heterocycles. The molecule has 7 heteroatoms. The summed E-state index contributed by atoms with van der Waals surface area (Å²) >= 11 is 5.90. The Bertz CT molecular complexity index is 960. The number of amides is 1.